The Hall–Kier alpha value is -2.02. The van der Waals surface area contributed by atoms with E-state index >= 15 is 0 Å². The third-order valence-corrected chi connectivity index (χ3v) is 4.36. The van der Waals surface area contributed by atoms with Crippen LogP contribution >= 0.6 is 0 Å². The molecular weight excluding hydrogens is 290 g/mol. The lowest BCUT2D eigenvalue weighted by Crippen LogP contribution is -2.03. The zero-order valence-corrected chi connectivity index (χ0v) is 13.4. The molecule has 0 aliphatic rings. The number of ether oxygens (including phenoxy) is 1. The Labute approximate surface area is 124 Å². The molecule has 1 aromatic carbocycles. The van der Waals surface area contributed by atoms with Crippen LogP contribution in [-0.2, 0) is 23.4 Å². The van der Waals surface area contributed by atoms with E-state index in [9.17, 15) is 8.42 Å². The molecule has 2 rings (SSSR count). The minimum atomic E-state index is -3.16. The number of nitrogens with zero attached hydrogens (tertiary/aromatic N) is 2. The third kappa shape index (κ3) is 3.36. The first kappa shape index (κ1) is 15.4. The van der Waals surface area contributed by atoms with Gasteiger partial charge in [0.2, 0.25) is 5.88 Å². The van der Waals surface area contributed by atoms with E-state index < -0.39 is 9.84 Å². The Morgan fingerprint density at radius 1 is 1.29 bits per heavy atom. The average molecular weight is 309 g/mol. The van der Waals surface area contributed by atoms with E-state index in [1.165, 1.54) is 6.26 Å². The summed E-state index contributed by atoms with van der Waals surface area (Å²) in [5, 5.41) is 7.55. The first-order valence-electron chi connectivity index (χ1n) is 6.43. The van der Waals surface area contributed by atoms with Crippen LogP contribution in [0.15, 0.2) is 29.2 Å². The van der Waals surface area contributed by atoms with Crippen molar-refractivity contribution in [1.82, 2.24) is 9.78 Å². The fourth-order valence-electron chi connectivity index (χ4n) is 2.15. The van der Waals surface area contributed by atoms with Crippen molar-refractivity contribution in [3.8, 4) is 5.88 Å². The number of hydrogen-bond donors (Lipinski definition) is 1. The molecule has 0 aliphatic carbocycles. The van der Waals surface area contributed by atoms with E-state index in [1.54, 1.807) is 36.1 Å². The Balaban J connectivity index is 2.14. The maximum Gasteiger partial charge on any atom is 0.216 e. The van der Waals surface area contributed by atoms with Crippen molar-refractivity contribution in [3.05, 3.63) is 35.5 Å². The summed E-state index contributed by atoms with van der Waals surface area (Å²) in [6, 6.07) is 6.67. The second-order valence-electron chi connectivity index (χ2n) is 4.85. The number of rotatable bonds is 5. The molecule has 0 unspecified atom stereocenters. The van der Waals surface area contributed by atoms with Gasteiger partial charge in [-0.3, -0.25) is 0 Å². The molecule has 0 spiro atoms. The summed E-state index contributed by atoms with van der Waals surface area (Å²) < 4.78 is 29.8. The van der Waals surface area contributed by atoms with Crippen LogP contribution in [0, 0.1) is 6.92 Å². The van der Waals surface area contributed by atoms with Crippen molar-refractivity contribution in [2.75, 3.05) is 18.7 Å². The Bertz CT molecular complexity index is 734. The summed E-state index contributed by atoms with van der Waals surface area (Å²) in [4.78, 5) is 0.309. The van der Waals surface area contributed by atoms with E-state index in [1.807, 2.05) is 14.0 Å². The number of methoxy groups -OCH3 is 1. The van der Waals surface area contributed by atoms with Crippen molar-refractivity contribution in [3.63, 3.8) is 0 Å². The first-order chi connectivity index (χ1) is 9.82. The highest BCUT2D eigenvalue weighted by atomic mass is 32.2. The van der Waals surface area contributed by atoms with Gasteiger partial charge in [0.05, 0.1) is 23.3 Å². The van der Waals surface area contributed by atoms with Gasteiger partial charge >= 0.3 is 0 Å². The van der Waals surface area contributed by atoms with Crippen molar-refractivity contribution in [2.45, 2.75) is 18.4 Å². The molecule has 6 nitrogen and oxygen atoms in total. The van der Waals surface area contributed by atoms with Gasteiger partial charge in [-0.05, 0) is 31.2 Å². The lowest BCUT2D eigenvalue weighted by Gasteiger charge is -2.08. The summed E-state index contributed by atoms with van der Waals surface area (Å²) in [5.74, 6) is 0.716. The zero-order valence-electron chi connectivity index (χ0n) is 12.5. The predicted octanol–water partition coefficient (Wildman–Crippen LogP) is 1.75. The number of sulfone groups is 1. The van der Waals surface area contributed by atoms with Crippen LogP contribution < -0.4 is 10.1 Å². The molecule has 0 amide bonds. The van der Waals surface area contributed by atoms with Crippen LogP contribution in [0.1, 0.15) is 11.3 Å². The predicted molar refractivity (Wildman–Crippen MR) is 81.4 cm³/mol. The van der Waals surface area contributed by atoms with Crippen LogP contribution in [0.3, 0.4) is 0 Å². The average Bonchev–Trinajstić information content (AvgIpc) is 2.69. The largest absolute Gasteiger partial charge is 0.481 e. The molecule has 0 atom stereocenters. The second-order valence-corrected chi connectivity index (χ2v) is 6.86. The highest BCUT2D eigenvalue weighted by Gasteiger charge is 2.13. The SMILES string of the molecule is COc1c(CNc2ccc(S(C)(=O)=O)cc2)c(C)nn1C. The fourth-order valence-corrected chi connectivity index (χ4v) is 2.78. The molecule has 0 aliphatic heterocycles. The molecule has 0 saturated carbocycles. The molecule has 0 saturated heterocycles. The fraction of sp³-hybridized carbons (Fsp3) is 0.357. The summed E-state index contributed by atoms with van der Waals surface area (Å²) >= 11 is 0. The molecule has 114 valence electrons. The lowest BCUT2D eigenvalue weighted by molar-refractivity contribution is 0.370. The van der Waals surface area contributed by atoms with Crippen LogP contribution in [0.25, 0.3) is 0 Å². The maximum absolute atomic E-state index is 11.4. The minimum Gasteiger partial charge on any atom is -0.481 e. The van der Waals surface area contributed by atoms with Gasteiger partial charge in [-0.2, -0.15) is 5.10 Å². The molecule has 1 N–H and O–H groups in total. The van der Waals surface area contributed by atoms with Gasteiger partial charge in [-0.1, -0.05) is 0 Å². The zero-order chi connectivity index (χ0) is 15.6. The van der Waals surface area contributed by atoms with Crippen LogP contribution in [0.4, 0.5) is 5.69 Å². The highest BCUT2D eigenvalue weighted by molar-refractivity contribution is 7.90. The summed E-state index contributed by atoms with van der Waals surface area (Å²) in [5.41, 5.74) is 2.72. The van der Waals surface area contributed by atoms with Gasteiger partial charge in [0.1, 0.15) is 0 Å². The van der Waals surface area contributed by atoms with Gasteiger partial charge in [-0.15, -0.1) is 0 Å². The number of benzene rings is 1. The van der Waals surface area contributed by atoms with Gasteiger partial charge in [0.15, 0.2) is 9.84 Å². The normalized spacial score (nSPS) is 11.4. The Morgan fingerprint density at radius 2 is 1.90 bits per heavy atom. The van der Waals surface area contributed by atoms with Gasteiger partial charge in [0, 0.05) is 25.5 Å². The molecule has 0 fully saturated rings. The quantitative estimate of drug-likeness (QED) is 0.911. The molecule has 1 heterocycles. The molecule has 2 aromatic rings. The van der Waals surface area contributed by atoms with E-state index in [4.69, 9.17) is 4.74 Å². The standard InChI is InChI=1S/C14H19N3O3S/c1-10-13(14(20-3)17(2)16-10)9-15-11-5-7-12(8-6-11)21(4,18)19/h5-8,15H,9H2,1-4H3. The number of aryl methyl sites for hydroxylation is 2. The van der Waals surface area contributed by atoms with Gasteiger partial charge in [-0.25, -0.2) is 13.1 Å². The third-order valence-electron chi connectivity index (χ3n) is 3.23. The van der Waals surface area contributed by atoms with Gasteiger partial charge in [0.25, 0.3) is 0 Å². The van der Waals surface area contributed by atoms with E-state index in [0.29, 0.717) is 17.3 Å². The van der Waals surface area contributed by atoms with Gasteiger partial charge < -0.3 is 10.1 Å². The molecule has 21 heavy (non-hydrogen) atoms. The van der Waals surface area contributed by atoms with Crippen LogP contribution in [0.5, 0.6) is 5.88 Å². The molecule has 1 aromatic heterocycles. The number of anilines is 1. The van der Waals surface area contributed by atoms with E-state index in [-0.39, 0.29) is 0 Å². The Morgan fingerprint density at radius 3 is 2.43 bits per heavy atom. The number of hydrogen-bond acceptors (Lipinski definition) is 5. The number of nitrogens with one attached hydrogen (secondary N) is 1. The maximum atomic E-state index is 11.4. The summed E-state index contributed by atoms with van der Waals surface area (Å²) in [6.45, 7) is 2.48. The van der Waals surface area contributed by atoms with Crippen molar-refractivity contribution in [1.29, 1.82) is 0 Å². The summed E-state index contributed by atoms with van der Waals surface area (Å²) in [7, 11) is 0.280. The van der Waals surface area contributed by atoms with Crippen molar-refractivity contribution >= 4 is 15.5 Å². The van der Waals surface area contributed by atoms with Crippen LogP contribution in [-0.4, -0.2) is 31.6 Å². The topological polar surface area (TPSA) is 73.2 Å². The first-order valence-corrected chi connectivity index (χ1v) is 8.32. The lowest BCUT2D eigenvalue weighted by atomic mass is 10.2. The minimum absolute atomic E-state index is 0.309. The second kappa shape index (κ2) is 5.77. The molecule has 0 radical (unpaired) electrons. The molecule has 0 bridgehead atoms. The van der Waals surface area contributed by atoms with Crippen LogP contribution in [0.2, 0.25) is 0 Å². The van der Waals surface area contributed by atoms with Crippen molar-refractivity contribution < 1.29 is 13.2 Å². The van der Waals surface area contributed by atoms with Crippen molar-refractivity contribution in [2.24, 2.45) is 7.05 Å². The van der Waals surface area contributed by atoms with E-state index in [2.05, 4.69) is 10.4 Å². The molecule has 7 heteroatoms. The molecular formula is C14H19N3O3S. The van der Waals surface area contributed by atoms with E-state index in [0.717, 1.165) is 16.9 Å². The monoisotopic (exact) mass is 309 g/mol. The Kier molecular flexibility index (Phi) is 4.22. The summed E-state index contributed by atoms with van der Waals surface area (Å²) in [6.07, 6.45) is 1.19. The highest BCUT2D eigenvalue weighted by Crippen LogP contribution is 2.22. The number of aromatic nitrogens is 2. The smallest absolute Gasteiger partial charge is 0.216 e.